The van der Waals surface area contributed by atoms with Crippen LogP contribution in [-0.4, -0.2) is 79.6 Å². The minimum atomic E-state index is -1.09. The number of carbonyl (C=O) groups is 2. The van der Waals surface area contributed by atoms with Crippen LogP contribution in [0.25, 0.3) is 0 Å². The average Bonchev–Trinajstić information content (AvgIpc) is 3.24. The Balaban J connectivity index is 1.44. The summed E-state index contributed by atoms with van der Waals surface area (Å²) in [6, 6.07) is 2.87. The maximum Gasteiger partial charge on any atom is 0.305 e. The van der Waals surface area contributed by atoms with Gasteiger partial charge in [0.05, 0.1) is 30.3 Å². The van der Waals surface area contributed by atoms with Gasteiger partial charge in [-0.05, 0) is 75.8 Å². The van der Waals surface area contributed by atoms with Gasteiger partial charge < -0.3 is 33.9 Å². The predicted octanol–water partition coefficient (Wildman–Crippen LogP) is 6.33. The average molecular weight is 731 g/mol. The standard InChI is InChI=1S/C41H56F2O9/c1-5-7-9-11-22-48-27-40(3,28-50-38(46)14-10-8-6-2)29-51-39(47)15-12-13-30-16-20-34-33(36(45)24-41(34,4)52-25-30)19-18-32(44)26-49-37-23-31(42)17-21-35(37)43/h1-2,17-19,21,23,30,32-34,36,44-45H,7-16,20,22,24-29H2,3-4H3/b19-18+/t30-,32+,33+,34+,36+,40?,41-/m0/s1. The number of carbonyl (C=O) groups excluding carboxylic acids is 2. The van der Waals surface area contributed by atoms with Gasteiger partial charge in [-0.25, -0.2) is 8.78 Å². The molecule has 0 aromatic heterocycles. The molecule has 2 aliphatic rings. The lowest BCUT2D eigenvalue weighted by Gasteiger charge is -2.31. The number of hydrogen-bond donors (Lipinski definition) is 2. The van der Waals surface area contributed by atoms with E-state index in [4.69, 9.17) is 36.5 Å². The summed E-state index contributed by atoms with van der Waals surface area (Å²) in [6.45, 7) is 4.93. The number of terminal acetylenes is 2. The molecule has 1 saturated heterocycles. The van der Waals surface area contributed by atoms with Crippen LogP contribution in [0.15, 0.2) is 30.4 Å². The molecule has 1 aromatic carbocycles. The number of ether oxygens (including phenoxy) is 5. The Hall–Kier alpha value is -3.48. The number of halogens is 2. The zero-order chi connectivity index (χ0) is 38.0. The van der Waals surface area contributed by atoms with E-state index >= 15 is 0 Å². The van der Waals surface area contributed by atoms with Gasteiger partial charge in [0.2, 0.25) is 0 Å². The van der Waals surface area contributed by atoms with Crippen LogP contribution in [0.3, 0.4) is 0 Å². The Bertz CT molecular complexity index is 1390. The van der Waals surface area contributed by atoms with Crippen molar-refractivity contribution in [1.82, 2.24) is 0 Å². The highest BCUT2D eigenvalue weighted by Gasteiger charge is 2.51. The molecule has 0 bridgehead atoms. The molecule has 1 saturated carbocycles. The normalized spacial score (nSPS) is 24.5. The van der Waals surface area contributed by atoms with Gasteiger partial charge in [-0.15, -0.1) is 24.7 Å². The topological polar surface area (TPSA) is 121 Å². The van der Waals surface area contributed by atoms with E-state index in [1.54, 1.807) is 6.08 Å². The highest BCUT2D eigenvalue weighted by molar-refractivity contribution is 5.69. The van der Waals surface area contributed by atoms with Crippen LogP contribution in [0.1, 0.15) is 90.9 Å². The molecule has 0 spiro atoms. The van der Waals surface area contributed by atoms with Gasteiger partial charge in [0, 0.05) is 50.7 Å². The van der Waals surface area contributed by atoms with E-state index in [-0.39, 0.29) is 74.7 Å². The molecule has 1 unspecified atom stereocenters. The van der Waals surface area contributed by atoms with E-state index in [1.165, 1.54) is 6.08 Å². The van der Waals surface area contributed by atoms with Gasteiger partial charge in [0.1, 0.15) is 31.7 Å². The van der Waals surface area contributed by atoms with Crippen molar-refractivity contribution in [2.45, 2.75) is 109 Å². The van der Waals surface area contributed by atoms with Gasteiger partial charge >= 0.3 is 11.9 Å². The first kappa shape index (κ1) is 42.9. The van der Waals surface area contributed by atoms with Crippen molar-refractivity contribution in [3.05, 3.63) is 42.0 Å². The van der Waals surface area contributed by atoms with Crippen LogP contribution in [-0.2, 0) is 28.5 Å². The van der Waals surface area contributed by atoms with Gasteiger partial charge in [-0.1, -0.05) is 19.1 Å². The van der Waals surface area contributed by atoms with Crippen molar-refractivity contribution >= 4 is 11.9 Å². The summed E-state index contributed by atoms with van der Waals surface area (Å²) in [4.78, 5) is 25.0. The highest BCUT2D eigenvalue weighted by atomic mass is 19.1. The molecule has 1 aromatic rings. The van der Waals surface area contributed by atoms with Gasteiger partial charge in [0.25, 0.3) is 0 Å². The number of aliphatic hydroxyl groups is 2. The smallest absolute Gasteiger partial charge is 0.305 e. The Kier molecular flexibility index (Phi) is 18.1. The largest absolute Gasteiger partial charge is 0.487 e. The molecule has 288 valence electrons. The lowest BCUT2D eigenvalue weighted by Crippen LogP contribution is -2.36. The van der Waals surface area contributed by atoms with Gasteiger partial charge in [-0.3, -0.25) is 9.59 Å². The fourth-order valence-electron chi connectivity index (χ4n) is 6.81. The van der Waals surface area contributed by atoms with Crippen molar-refractivity contribution in [3.8, 4) is 30.4 Å². The lowest BCUT2D eigenvalue weighted by molar-refractivity contribution is -0.156. The Labute approximate surface area is 307 Å². The zero-order valence-electron chi connectivity index (χ0n) is 30.7. The summed E-state index contributed by atoms with van der Waals surface area (Å²) in [5, 5.41) is 21.3. The SMILES string of the molecule is C#CCCCCOCC(C)(COC(=O)CCCC#C)COC(=O)CCC[C@H]1CC[C@@H]2[C@@H](/C=C/[C@@H](O)COc3cc(F)ccc3F)[C@H](O)C[C@]2(C)OC1. The second-order valence-corrected chi connectivity index (χ2v) is 14.7. The first-order chi connectivity index (χ1) is 24.9. The number of unbranched alkanes of at least 4 members (excludes halogenated alkanes) is 3. The Morgan fingerprint density at radius 3 is 2.46 bits per heavy atom. The van der Waals surface area contributed by atoms with E-state index in [0.29, 0.717) is 45.3 Å². The molecule has 7 atom stereocenters. The van der Waals surface area contributed by atoms with Gasteiger partial charge in [-0.2, -0.15) is 0 Å². The number of esters is 2. The summed E-state index contributed by atoms with van der Waals surface area (Å²) in [5.41, 5.74) is -1.27. The third kappa shape index (κ3) is 14.5. The summed E-state index contributed by atoms with van der Waals surface area (Å²) >= 11 is 0. The first-order valence-corrected chi connectivity index (χ1v) is 18.4. The third-order valence-corrected chi connectivity index (χ3v) is 9.87. The molecule has 1 aliphatic carbocycles. The number of fused-ring (bicyclic) bond motifs is 1. The van der Waals surface area contributed by atoms with E-state index in [0.717, 1.165) is 50.3 Å². The maximum atomic E-state index is 13.9. The minimum Gasteiger partial charge on any atom is -0.487 e. The molecule has 11 heteroatoms. The van der Waals surface area contributed by atoms with Gasteiger partial charge in [0.15, 0.2) is 11.6 Å². The van der Waals surface area contributed by atoms with Crippen LogP contribution in [0.4, 0.5) is 8.78 Å². The molecule has 2 N–H and O–H groups in total. The molecule has 3 rings (SSSR count). The summed E-state index contributed by atoms with van der Waals surface area (Å²) < 4.78 is 56.0. The fraction of sp³-hybridized carbons (Fsp3) is 0.659. The fourth-order valence-corrected chi connectivity index (χ4v) is 6.81. The number of aliphatic hydroxyl groups excluding tert-OH is 2. The molecule has 1 heterocycles. The zero-order valence-corrected chi connectivity index (χ0v) is 30.7. The quantitative estimate of drug-likeness (QED) is 0.0611. The summed E-state index contributed by atoms with van der Waals surface area (Å²) in [6.07, 6.45) is 19.4. The second-order valence-electron chi connectivity index (χ2n) is 14.7. The number of benzene rings is 1. The number of rotatable bonds is 22. The molecule has 52 heavy (non-hydrogen) atoms. The molecule has 0 amide bonds. The maximum absolute atomic E-state index is 13.9. The van der Waals surface area contributed by atoms with Crippen molar-refractivity contribution in [2.24, 2.45) is 23.2 Å². The van der Waals surface area contributed by atoms with Crippen LogP contribution in [0.5, 0.6) is 5.75 Å². The van der Waals surface area contributed by atoms with Crippen molar-refractivity contribution in [2.75, 3.05) is 39.6 Å². The van der Waals surface area contributed by atoms with E-state index < -0.39 is 34.9 Å². The molecule has 9 nitrogen and oxygen atoms in total. The van der Waals surface area contributed by atoms with Crippen LogP contribution in [0.2, 0.25) is 0 Å². The minimum absolute atomic E-state index is 0.00569. The van der Waals surface area contributed by atoms with Crippen molar-refractivity contribution in [3.63, 3.8) is 0 Å². The monoisotopic (exact) mass is 730 g/mol. The number of hydrogen-bond acceptors (Lipinski definition) is 9. The molecule has 1 aliphatic heterocycles. The molecular weight excluding hydrogens is 674 g/mol. The van der Waals surface area contributed by atoms with E-state index in [1.807, 2.05) is 13.8 Å². The Morgan fingerprint density at radius 1 is 1.06 bits per heavy atom. The van der Waals surface area contributed by atoms with Crippen LogP contribution in [0, 0.1) is 59.5 Å². The molecular formula is C41H56F2O9. The molecule has 0 radical (unpaired) electrons. The second kappa shape index (κ2) is 21.9. The summed E-state index contributed by atoms with van der Waals surface area (Å²) in [5.74, 6) is 2.73. The van der Waals surface area contributed by atoms with Crippen LogP contribution >= 0.6 is 0 Å². The third-order valence-electron chi connectivity index (χ3n) is 9.87. The van der Waals surface area contributed by atoms with Crippen molar-refractivity contribution in [1.29, 1.82) is 0 Å². The van der Waals surface area contributed by atoms with Crippen molar-refractivity contribution < 1.29 is 52.3 Å². The van der Waals surface area contributed by atoms with Crippen LogP contribution < -0.4 is 4.74 Å². The Morgan fingerprint density at radius 2 is 1.75 bits per heavy atom. The van der Waals surface area contributed by atoms with E-state index in [9.17, 15) is 28.6 Å². The summed E-state index contributed by atoms with van der Waals surface area (Å²) in [7, 11) is 0. The highest BCUT2D eigenvalue weighted by Crippen LogP contribution is 2.48. The lowest BCUT2D eigenvalue weighted by atomic mass is 9.81. The molecule has 2 fully saturated rings. The van der Waals surface area contributed by atoms with E-state index in [2.05, 4.69) is 11.8 Å². The first-order valence-electron chi connectivity index (χ1n) is 18.4. The predicted molar refractivity (Wildman–Crippen MR) is 192 cm³/mol.